The van der Waals surface area contributed by atoms with Crippen LogP contribution in [0.4, 0.5) is 0 Å². The first-order chi connectivity index (χ1) is 5.66. The fourth-order valence-electron chi connectivity index (χ4n) is 0.652. The molecule has 0 bridgehead atoms. The normalized spacial score (nSPS) is 9.25. The van der Waals surface area contributed by atoms with E-state index >= 15 is 0 Å². The third kappa shape index (κ3) is 6.89. The average Bonchev–Trinajstić information content (AvgIpc) is 2.00. The van der Waals surface area contributed by atoms with Crippen LogP contribution in [0.25, 0.3) is 10.4 Å². The van der Waals surface area contributed by atoms with Crippen molar-refractivity contribution in [3.63, 3.8) is 0 Å². The van der Waals surface area contributed by atoms with Gasteiger partial charge in [-0.1, -0.05) is 19.0 Å². The molecular weight excluding hydrogens is 156 g/mol. The first-order valence-electron chi connectivity index (χ1n) is 3.94. The molecule has 0 unspecified atom stereocenters. The predicted octanol–water partition coefficient (Wildman–Crippen LogP) is 1.46. The number of amides is 1. The summed E-state index contributed by atoms with van der Waals surface area (Å²) in [5.41, 5.74) is 7.91. The lowest BCUT2D eigenvalue weighted by molar-refractivity contribution is -0.119. The van der Waals surface area contributed by atoms with E-state index in [1.165, 1.54) is 0 Å². The first kappa shape index (κ1) is 10.8. The van der Waals surface area contributed by atoms with Gasteiger partial charge in [0.2, 0.25) is 5.91 Å². The lowest BCUT2D eigenvalue weighted by Gasteiger charge is -2.04. The minimum absolute atomic E-state index is 0.103. The molecule has 0 aromatic heterocycles. The molecule has 0 aliphatic heterocycles. The Labute approximate surface area is 71.8 Å². The van der Waals surface area contributed by atoms with Gasteiger partial charge in [-0.15, -0.1) is 0 Å². The van der Waals surface area contributed by atoms with Crippen LogP contribution in [-0.2, 0) is 4.79 Å². The molecule has 0 atom stereocenters. The van der Waals surface area contributed by atoms with Crippen molar-refractivity contribution in [2.75, 3.05) is 13.1 Å². The SMILES string of the molecule is CC(C)CCNC(=O)CN=[N+]=[N-]. The van der Waals surface area contributed by atoms with Gasteiger partial charge in [0, 0.05) is 11.5 Å². The number of azide groups is 1. The Balaban J connectivity index is 3.37. The monoisotopic (exact) mass is 170 g/mol. The number of hydrogen-bond donors (Lipinski definition) is 1. The molecule has 0 spiro atoms. The number of hydrogen-bond acceptors (Lipinski definition) is 2. The van der Waals surface area contributed by atoms with Crippen molar-refractivity contribution in [1.82, 2.24) is 5.32 Å². The van der Waals surface area contributed by atoms with Gasteiger partial charge in [-0.3, -0.25) is 4.79 Å². The van der Waals surface area contributed by atoms with Crippen molar-refractivity contribution in [3.8, 4) is 0 Å². The smallest absolute Gasteiger partial charge is 0.225 e. The fourth-order valence-corrected chi connectivity index (χ4v) is 0.652. The van der Waals surface area contributed by atoms with Crippen LogP contribution in [0.15, 0.2) is 5.11 Å². The molecule has 12 heavy (non-hydrogen) atoms. The van der Waals surface area contributed by atoms with Gasteiger partial charge in [-0.25, -0.2) is 0 Å². The highest BCUT2D eigenvalue weighted by atomic mass is 16.1. The van der Waals surface area contributed by atoms with Gasteiger partial charge < -0.3 is 5.32 Å². The molecule has 1 N–H and O–H groups in total. The predicted molar refractivity (Wildman–Crippen MR) is 46.5 cm³/mol. The van der Waals surface area contributed by atoms with Crippen LogP contribution in [0.3, 0.4) is 0 Å². The summed E-state index contributed by atoms with van der Waals surface area (Å²) in [4.78, 5) is 13.3. The highest BCUT2D eigenvalue weighted by Gasteiger charge is 1.98. The van der Waals surface area contributed by atoms with Gasteiger partial charge in [-0.2, -0.15) is 0 Å². The number of nitrogens with one attached hydrogen (secondary N) is 1. The highest BCUT2D eigenvalue weighted by molar-refractivity contribution is 5.78. The van der Waals surface area contributed by atoms with E-state index in [-0.39, 0.29) is 12.5 Å². The molecule has 0 rings (SSSR count). The van der Waals surface area contributed by atoms with Crippen molar-refractivity contribution in [2.45, 2.75) is 20.3 Å². The van der Waals surface area contributed by atoms with Gasteiger partial charge in [0.15, 0.2) is 0 Å². The van der Waals surface area contributed by atoms with Crippen molar-refractivity contribution >= 4 is 5.91 Å². The van der Waals surface area contributed by atoms with Gasteiger partial charge >= 0.3 is 0 Å². The summed E-state index contributed by atoms with van der Waals surface area (Å²) in [6.45, 7) is 4.71. The number of nitrogens with zero attached hydrogens (tertiary/aromatic N) is 3. The van der Waals surface area contributed by atoms with E-state index < -0.39 is 0 Å². The summed E-state index contributed by atoms with van der Waals surface area (Å²) in [6.07, 6.45) is 0.946. The minimum Gasteiger partial charge on any atom is -0.356 e. The van der Waals surface area contributed by atoms with Gasteiger partial charge in [0.1, 0.15) is 6.54 Å². The zero-order valence-corrected chi connectivity index (χ0v) is 7.45. The molecular formula is C7H14N4O. The van der Waals surface area contributed by atoms with E-state index in [0.29, 0.717) is 12.5 Å². The minimum atomic E-state index is -0.214. The van der Waals surface area contributed by atoms with Crippen LogP contribution in [0.2, 0.25) is 0 Å². The molecule has 0 fully saturated rings. The molecule has 0 heterocycles. The van der Waals surface area contributed by atoms with Crippen LogP contribution >= 0.6 is 0 Å². The maximum atomic E-state index is 10.8. The van der Waals surface area contributed by atoms with E-state index in [1.54, 1.807) is 0 Å². The van der Waals surface area contributed by atoms with Crippen molar-refractivity contribution in [2.24, 2.45) is 11.0 Å². The van der Waals surface area contributed by atoms with Crippen LogP contribution in [0.1, 0.15) is 20.3 Å². The van der Waals surface area contributed by atoms with E-state index in [9.17, 15) is 4.79 Å². The highest BCUT2D eigenvalue weighted by Crippen LogP contribution is 1.95. The van der Waals surface area contributed by atoms with Crippen LogP contribution < -0.4 is 5.32 Å². The number of carbonyl (C=O) groups is 1. The second kappa shape index (κ2) is 6.49. The Hall–Kier alpha value is -1.22. The zero-order chi connectivity index (χ0) is 9.40. The van der Waals surface area contributed by atoms with Gasteiger partial charge in [0.25, 0.3) is 0 Å². The van der Waals surface area contributed by atoms with E-state index in [4.69, 9.17) is 5.53 Å². The van der Waals surface area contributed by atoms with Crippen molar-refractivity contribution < 1.29 is 4.79 Å². The summed E-state index contributed by atoms with van der Waals surface area (Å²) in [5, 5.41) is 5.78. The number of carbonyl (C=O) groups excluding carboxylic acids is 1. The van der Waals surface area contributed by atoms with E-state index in [0.717, 1.165) is 6.42 Å². The summed E-state index contributed by atoms with van der Waals surface area (Å²) in [6, 6.07) is 0. The summed E-state index contributed by atoms with van der Waals surface area (Å²) < 4.78 is 0. The average molecular weight is 170 g/mol. The Morgan fingerprint density at radius 2 is 2.33 bits per heavy atom. The van der Waals surface area contributed by atoms with E-state index in [1.807, 2.05) is 0 Å². The Morgan fingerprint density at radius 3 is 2.83 bits per heavy atom. The van der Waals surface area contributed by atoms with Gasteiger partial charge in [-0.05, 0) is 17.9 Å². The molecule has 0 saturated heterocycles. The molecule has 5 heteroatoms. The molecule has 0 aromatic rings. The van der Waals surface area contributed by atoms with Crippen molar-refractivity contribution in [1.29, 1.82) is 0 Å². The maximum absolute atomic E-state index is 10.8. The molecule has 0 radical (unpaired) electrons. The molecule has 0 aliphatic rings. The molecule has 1 amide bonds. The second-order valence-corrected chi connectivity index (χ2v) is 2.92. The molecule has 5 nitrogen and oxygen atoms in total. The lowest BCUT2D eigenvalue weighted by Crippen LogP contribution is -2.27. The topological polar surface area (TPSA) is 77.9 Å². The second-order valence-electron chi connectivity index (χ2n) is 2.92. The third-order valence-electron chi connectivity index (χ3n) is 1.32. The van der Waals surface area contributed by atoms with Crippen LogP contribution in [0.5, 0.6) is 0 Å². The maximum Gasteiger partial charge on any atom is 0.225 e. The summed E-state index contributed by atoms with van der Waals surface area (Å²) in [5.74, 6) is 0.359. The molecule has 0 aliphatic carbocycles. The summed E-state index contributed by atoms with van der Waals surface area (Å²) in [7, 11) is 0. The van der Waals surface area contributed by atoms with Crippen molar-refractivity contribution in [3.05, 3.63) is 10.4 Å². The quantitative estimate of drug-likeness (QED) is 0.378. The first-order valence-corrected chi connectivity index (χ1v) is 3.94. The largest absolute Gasteiger partial charge is 0.356 e. The van der Waals surface area contributed by atoms with E-state index in [2.05, 4.69) is 29.2 Å². The number of rotatable bonds is 5. The molecule has 0 saturated carbocycles. The standard InChI is InChI=1S/C7H14N4O/c1-6(2)3-4-9-7(12)5-10-11-8/h6H,3-5H2,1-2H3,(H,9,12). The Bertz CT molecular complexity index is 184. The van der Waals surface area contributed by atoms with Gasteiger partial charge in [0.05, 0.1) is 0 Å². The molecule has 68 valence electrons. The zero-order valence-electron chi connectivity index (χ0n) is 7.45. The summed E-state index contributed by atoms with van der Waals surface area (Å²) >= 11 is 0. The Kier molecular flexibility index (Phi) is 5.83. The van der Waals surface area contributed by atoms with Crippen LogP contribution in [-0.4, -0.2) is 19.0 Å². The van der Waals surface area contributed by atoms with Crippen LogP contribution in [0, 0.1) is 5.92 Å². The Morgan fingerprint density at radius 1 is 1.67 bits per heavy atom. The fraction of sp³-hybridized carbons (Fsp3) is 0.857. The third-order valence-corrected chi connectivity index (χ3v) is 1.32. The lowest BCUT2D eigenvalue weighted by atomic mass is 10.1. The molecule has 0 aromatic carbocycles.